The zero-order valence-corrected chi connectivity index (χ0v) is 16.9. The molecule has 0 bridgehead atoms. The van der Waals surface area contributed by atoms with Crippen molar-refractivity contribution in [1.82, 2.24) is 0 Å². The zero-order chi connectivity index (χ0) is 16.2. The smallest absolute Gasteiger partial charge is 0.0560 e. The highest BCUT2D eigenvalue weighted by Gasteiger charge is 2.07. The third kappa shape index (κ3) is 4.06. The topological polar surface area (TPSA) is 12.0 Å². The van der Waals surface area contributed by atoms with Gasteiger partial charge < -0.3 is 5.32 Å². The van der Waals surface area contributed by atoms with Crippen molar-refractivity contribution in [3.05, 3.63) is 85.7 Å². The van der Waals surface area contributed by atoms with Crippen LogP contribution in [0, 0.1) is 0 Å². The molecule has 0 saturated heterocycles. The van der Waals surface area contributed by atoms with E-state index in [0.717, 1.165) is 25.7 Å². The first-order valence-electron chi connectivity index (χ1n) is 7.17. The summed E-state index contributed by atoms with van der Waals surface area (Å²) in [6.45, 7) is 0.780. The molecule has 0 aromatic heterocycles. The first-order chi connectivity index (χ1) is 11.1. The van der Waals surface area contributed by atoms with Gasteiger partial charge in [-0.15, -0.1) is 0 Å². The van der Waals surface area contributed by atoms with Crippen LogP contribution < -0.4 is 5.32 Å². The molecule has 0 fully saturated rings. The summed E-state index contributed by atoms with van der Waals surface area (Å²) in [6, 6.07) is 23.2. The molecule has 0 aliphatic heterocycles. The van der Waals surface area contributed by atoms with Gasteiger partial charge in [-0.25, -0.2) is 0 Å². The van der Waals surface area contributed by atoms with E-state index in [2.05, 4.69) is 108 Å². The van der Waals surface area contributed by atoms with E-state index in [0.29, 0.717) is 0 Å². The number of hydrogen-bond acceptors (Lipinski definition) is 1. The van der Waals surface area contributed by atoms with E-state index in [1.165, 1.54) is 16.7 Å². The summed E-state index contributed by atoms with van der Waals surface area (Å²) in [6.07, 6.45) is 0. The lowest BCUT2D eigenvalue weighted by Gasteiger charge is -2.11. The van der Waals surface area contributed by atoms with Crippen molar-refractivity contribution in [2.45, 2.75) is 6.54 Å². The fourth-order valence-electron chi connectivity index (χ4n) is 2.31. The molecule has 0 aliphatic carbocycles. The second-order valence-electron chi connectivity index (χ2n) is 5.14. The summed E-state index contributed by atoms with van der Waals surface area (Å²) in [5.74, 6) is 0. The van der Waals surface area contributed by atoms with Crippen LogP contribution in [0.4, 0.5) is 5.69 Å². The molecule has 0 unspecified atom stereocenters. The van der Waals surface area contributed by atoms with Crippen LogP contribution in [0.5, 0.6) is 0 Å². The molecule has 3 rings (SSSR count). The summed E-state index contributed by atoms with van der Waals surface area (Å²) in [5.41, 5.74) is 4.79. The lowest BCUT2D eigenvalue weighted by molar-refractivity contribution is 1.14. The molecule has 116 valence electrons. The molecule has 3 aromatic carbocycles. The third-order valence-electron chi connectivity index (χ3n) is 3.58. The Labute approximate surface area is 161 Å². The minimum absolute atomic E-state index is 0.780. The Balaban J connectivity index is 1.71. The molecule has 0 amide bonds. The molecule has 23 heavy (non-hydrogen) atoms. The molecule has 1 N–H and O–H groups in total. The average molecular weight is 496 g/mol. The highest BCUT2D eigenvalue weighted by atomic mass is 79.9. The highest BCUT2D eigenvalue weighted by molar-refractivity contribution is 9.14. The lowest BCUT2D eigenvalue weighted by Crippen LogP contribution is -2.00. The Morgan fingerprint density at radius 3 is 2.00 bits per heavy atom. The number of hydrogen-bond donors (Lipinski definition) is 1. The van der Waals surface area contributed by atoms with Gasteiger partial charge in [-0.3, -0.25) is 0 Å². The van der Waals surface area contributed by atoms with Crippen molar-refractivity contribution in [2.24, 2.45) is 0 Å². The van der Waals surface area contributed by atoms with Crippen molar-refractivity contribution in [3.8, 4) is 11.1 Å². The molecule has 0 spiro atoms. The quantitative estimate of drug-likeness (QED) is 0.376. The number of nitrogens with one attached hydrogen (secondary N) is 1. The van der Waals surface area contributed by atoms with E-state index in [9.17, 15) is 0 Å². The van der Waals surface area contributed by atoms with Crippen LogP contribution in [-0.2, 0) is 6.54 Å². The Kier molecular flexibility index (Phi) is 5.57. The van der Waals surface area contributed by atoms with Gasteiger partial charge in [0, 0.05) is 21.2 Å². The second kappa shape index (κ2) is 7.65. The predicted molar refractivity (Wildman–Crippen MR) is 109 cm³/mol. The van der Waals surface area contributed by atoms with Gasteiger partial charge in [0.25, 0.3) is 0 Å². The molecule has 0 atom stereocenters. The summed E-state index contributed by atoms with van der Waals surface area (Å²) >= 11 is 10.7. The Morgan fingerprint density at radius 1 is 0.652 bits per heavy atom. The van der Waals surface area contributed by atoms with Gasteiger partial charge in [0.1, 0.15) is 0 Å². The number of halogens is 3. The lowest BCUT2D eigenvalue weighted by atomic mass is 10.0. The van der Waals surface area contributed by atoms with E-state index in [1.807, 2.05) is 12.1 Å². The second-order valence-corrected chi connectivity index (χ2v) is 7.58. The van der Waals surface area contributed by atoms with Crippen LogP contribution >= 0.6 is 47.8 Å². The van der Waals surface area contributed by atoms with Crippen LogP contribution in [0.3, 0.4) is 0 Å². The normalized spacial score (nSPS) is 10.6. The van der Waals surface area contributed by atoms with Gasteiger partial charge in [-0.2, -0.15) is 0 Å². The van der Waals surface area contributed by atoms with Crippen molar-refractivity contribution < 1.29 is 0 Å². The molecule has 0 saturated carbocycles. The fourth-order valence-corrected chi connectivity index (χ4v) is 3.73. The van der Waals surface area contributed by atoms with Crippen molar-refractivity contribution >= 4 is 53.5 Å². The minimum Gasteiger partial charge on any atom is -0.380 e. The van der Waals surface area contributed by atoms with Crippen molar-refractivity contribution in [2.75, 3.05) is 5.32 Å². The van der Waals surface area contributed by atoms with Crippen LogP contribution in [0.15, 0.2) is 80.1 Å². The Morgan fingerprint density at radius 2 is 1.30 bits per heavy atom. The maximum absolute atomic E-state index is 3.61. The Bertz CT molecular complexity index is 799. The minimum atomic E-state index is 0.780. The van der Waals surface area contributed by atoms with E-state index in [-0.39, 0.29) is 0 Å². The van der Waals surface area contributed by atoms with Gasteiger partial charge in [0.2, 0.25) is 0 Å². The van der Waals surface area contributed by atoms with Crippen LogP contribution in [0.1, 0.15) is 5.56 Å². The van der Waals surface area contributed by atoms with Gasteiger partial charge >= 0.3 is 0 Å². The van der Waals surface area contributed by atoms with Gasteiger partial charge in [0.05, 0.1) is 4.47 Å². The summed E-state index contributed by atoms with van der Waals surface area (Å²) < 4.78 is 3.07. The van der Waals surface area contributed by atoms with E-state index in [1.54, 1.807) is 0 Å². The monoisotopic (exact) mass is 493 g/mol. The third-order valence-corrected chi connectivity index (χ3v) is 6.95. The average Bonchev–Trinajstić information content (AvgIpc) is 2.60. The zero-order valence-electron chi connectivity index (χ0n) is 12.2. The van der Waals surface area contributed by atoms with Crippen LogP contribution in [0.25, 0.3) is 11.1 Å². The first-order valence-corrected chi connectivity index (χ1v) is 9.55. The van der Waals surface area contributed by atoms with Crippen LogP contribution in [-0.4, -0.2) is 0 Å². The molecule has 1 nitrogen and oxygen atoms in total. The predicted octanol–water partition coefficient (Wildman–Crippen LogP) is 7.25. The SMILES string of the molecule is Brc1ccc(NCc2ccc(-c3ccccc3)cc2)c(Br)c1Br. The highest BCUT2D eigenvalue weighted by Crippen LogP contribution is 2.36. The van der Waals surface area contributed by atoms with Crippen molar-refractivity contribution in [1.29, 1.82) is 0 Å². The van der Waals surface area contributed by atoms with Gasteiger partial charge in [0.15, 0.2) is 0 Å². The summed E-state index contributed by atoms with van der Waals surface area (Å²) in [7, 11) is 0. The number of anilines is 1. The van der Waals surface area contributed by atoms with E-state index in [4.69, 9.17) is 0 Å². The summed E-state index contributed by atoms with van der Waals surface area (Å²) in [5, 5.41) is 3.46. The van der Waals surface area contributed by atoms with E-state index < -0.39 is 0 Å². The first kappa shape index (κ1) is 16.7. The molecule has 0 aliphatic rings. The maximum Gasteiger partial charge on any atom is 0.0560 e. The Hall–Kier alpha value is -1.10. The fraction of sp³-hybridized carbons (Fsp3) is 0.0526. The van der Waals surface area contributed by atoms with Gasteiger partial charge in [-0.05, 0) is 76.6 Å². The van der Waals surface area contributed by atoms with Gasteiger partial charge in [-0.1, -0.05) is 54.6 Å². The number of rotatable bonds is 4. The molecule has 0 radical (unpaired) electrons. The molecule has 3 aromatic rings. The largest absolute Gasteiger partial charge is 0.380 e. The molecule has 4 heteroatoms. The molecule has 0 heterocycles. The van der Waals surface area contributed by atoms with Crippen LogP contribution in [0.2, 0.25) is 0 Å². The van der Waals surface area contributed by atoms with Crippen molar-refractivity contribution in [3.63, 3.8) is 0 Å². The molecular formula is C19H14Br3N. The number of benzene rings is 3. The summed E-state index contributed by atoms with van der Waals surface area (Å²) in [4.78, 5) is 0. The maximum atomic E-state index is 3.61. The standard InChI is InChI=1S/C19H14Br3N/c20-16-10-11-17(19(22)18(16)21)23-12-13-6-8-15(9-7-13)14-4-2-1-3-5-14/h1-11,23H,12H2. The molecular weight excluding hydrogens is 482 g/mol. The van der Waals surface area contributed by atoms with E-state index >= 15 is 0 Å².